The van der Waals surface area contributed by atoms with Crippen LogP contribution in [0.15, 0.2) is 89.5 Å². The summed E-state index contributed by atoms with van der Waals surface area (Å²) in [4.78, 5) is 38.6. The largest absolute Gasteiger partial charge is 0.508 e. The van der Waals surface area contributed by atoms with Crippen molar-refractivity contribution in [2.75, 3.05) is 11.9 Å². The van der Waals surface area contributed by atoms with Crippen LogP contribution in [0.2, 0.25) is 0 Å². The number of rotatable bonds is 13. The van der Waals surface area contributed by atoms with Crippen molar-refractivity contribution in [1.29, 1.82) is 0 Å². The minimum atomic E-state index is -4.72. The molecule has 0 radical (unpaired) electrons. The maximum Gasteiger partial charge on any atom is 0.419 e. The fraction of sp³-hybridized carbons (Fsp3) is 0.310. The summed E-state index contributed by atoms with van der Waals surface area (Å²) in [6, 6.07) is 12.5. The number of amides is 2. The summed E-state index contributed by atoms with van der Waals surface area (Å²) in [5.74, 6) is 0.353. The van der Waals surface area contributed by atoms with Crippen LogP contribution in [0.25, 0.3) is 0 Å². The second-order valence-corrected chi connectivity index (χ2v) is 14.1. The van der Waals surface area contributed by atoms with E-state index in [0.29, 0.717) is 52.8 Å². The molecule has 6 rings (SSSR count). The number of allylic oxidation sites excluding steroid dienone is 1. The number of hydrogen-bond acceptors (Lipinski definition) is 9. The van der Waals surface area contributed by atoms with Gasteiger partial charge in [0, 0.05) is 60.3 Å². The summed E-state index contributed by atoms with van der Waals surface area (Å²) in [5, 5.41) is 36.2. The number of aliphatic hydroxyl groups excluding tert-OH is 1. The van der Waals surface area contributed by atoms with E-state index in [1.54, 1.807) is 43.3 Å². The monoisotopic (exact) mass is 788 g/mol. The van der Waals surface area contributed by atoms with Crippen LogP contribution in [0, 0.1) is 12.3 Å². The molecule has 2 atom stereocenters. The number of benzene rings is 3. The SMILES string of the molecule is C#CCC/C(O)=C(\[NH3+])C(=O)Nc1ccc(C(F)(F)F)c(OCCCCCC(=O)NCc2ccc3c(c2)C2(OC3=O)C3=CCC(C)(O)C=C3Oc3cc(O)ccc32)c1. The lowest BCUT2D eigenvalue weighted by molar-refractivity contribution is -0.302. The summed E-state index contributed by atoms with van der Waals surface area (Å²) in [6.45, 7) is 1.66. The van der Waals surface area contributed by atoms with E-state index >= 15 is 0 Å². The molecule has 2 heterocycles. The minimum absolute atomic E-state index is 0.00278. The van der Waals surface area contributed by atoms with Crippen LogP contribution in [0.4, 0.5) is 18.9 Å². The third kappa shape index (κ3) is 8.62. The number of nitrogens with one attached hydrogen (secondary N) is 2. The predicted octanol–water partition coefficient (Wildman–Crippen LogP) is 5.80. The first-order valence-electron chi connectivity index (χ1n) is 18.2. The number of hydrogen-bond donors (Lipinski definition) is 6. The molecule has 0 aromatic heterocycles. The lowest BCUT2D eigenvalue weighted by Crippen LogP contribution is -2.53. The maximum atomic E-state index is 13.7. The number of aromatic hydroxyl groups is 1. The van der Waals surface area contributed by atoms with Gasteiger partial charge in [-0.25, -0.2) is 4.79 Å². The topological polar surface area (TPSA) is 191 Å². The number of phenolic OH excluding ortho intramolecular Hbond substituents is 1. The van der Waals surface area contributed by atoms with Crippen molar-refractivity contribution >= 4 is 23.5 Å². The number of ether oxygens (including phenoxy) is 3. The Morgan fingerprint density at radius 1 is 1.05 bits per heavy atom. The zero-order valence-corrected chi connectivity index (χ0v) is 30.9. The number of alkyl halides is 3. The fourth-order valence-electron chi connectivity index (χ4n) is 6.87. The molecule has 2 aliphatic heterocycles. The third-order valence-electron chi connectivity index (χ3n) is 9.77. The molecule has 12 nitrogen and oxygen atoms in total. The summed E-state index contributed by atoms with van der Waals surface area (Å²) >= 11 is 0. The second-order valence-electron chi connectivity index (χ2n) is 14.1. The third-order valence-corrected chi connectivity index (χ3v) is 9.77. The van der Waals surface area contributed by atoms with E-state index < -0.39 is 40.6 Å². The van der Waals surface area contributed by atoms with Crippen molar-refractivity contribution in [3.05, 3.63) is 117 Å². The lowest BCUT2D eigenvalue weighted by atomic mass is 9.73. The Morgan fingerprint density at radius 3 is 2.60 bits per heavy atom. The number of terminal acetylenes is 1. The minimum Gasteiger partial charge on any atom is -0.508 e. The molecule has 57 heavy (non-hydrogen) atoms. The van der Waals surface area contributed by atoms with Gasteiger partial charge in [-0.2, -0.15) is 13.2 Å². The van der Waals surface area contributed by atoms with Crippen LogP contribution in [-0.2, 0) is 32.6 Å². The molecular formula is C42H41F3N3O9+. The highest BCUT2D eigenvalue weighted by Crippen LogP contribution is 2.57. The Labute approximate surface area is 325 Å². The fourth-order valence-corrected chi connectivity index (χ4v) is 6.87. The summed E-state index contributed by atoms with van der Waals surface area (Å²) in [6.07, 6.45) is 5.55. The van der Waals surface area contributed by atoms with Gasteiger partial charge in [0.15, 0.2) is 11.4 Å². The van der Waals surface area contributed by atoms with Gasteiger partial charge in [0.2, 0.25) is 11.6 Å². The molecule has 298 valence electrons. The van der Waals surface area contributed by atoms with Crippen molar-refractivity contribution in [3.8, 4) is 29.6 Å². The summed E-state index contributed by atoms with van der Waals surface area (Å²) in [7, 11) is 0. The van der Waals surface area contributed by atoms with Crippen molar-refractivity contribution in [2.45, 2.75) is 75.8 Å². The van der Waals surface area contributed by atoms with Gasteiger partial charge in [-0.15, -0.1) is 12.3 Å². The van der Waals surface area contributed by atoms with Crippen LogP contribution >= 0.6 is 0 Å². The number of unbranched alkanes of at least 4 members (excludes halogenated alkanes) is 2. The molecule has 0 bridgehead atoms. The van der Waals surface area contributed by atoms with Crippen molar-refractivity contribution in [3.63, 3.8) is 0 Å². The highest BCUT2D eigenvalue weighted by Gasteiger charge is 2.56. The van der Waals surface area contributed by atoms with Crippen LogP contribution in [-0.4, -0.2) is 45.3 Å². The van der Waals surface area contributed by atoms with Crippen LogP contribution < -0.4 is 25.8 Å². The Bertz CT molecular complexity index is 2250. The average molecular weight is 789 g/mol. The van der Waals surface area contributed by atoms with E-state index in [1.165, 1.54) is 12.1 Å². The van der Waals surface area contributed by atoms with E-state index in [0.717, 1.165) is 18.2 Å². The molecule has 0 saturated heterocycles. The second kappa shape index (κ2) is 16.1. The van der Waals surface area contributed by atoms with Gasteiger partial charge < -0.3 is 45.9 Å². The van der Waals surface area contributed by atoms with Crippen LogP contribution in [0.5, 0.6) is 17.2 Å². The number of phenols is 1. The molecule has 3 aliphatic rings. The first kappa shape index (κ1) is 40.4. The normalized spacial score (nSPS) is 19.7. The lowest BCUT2D eigenvalue weighted by Gasteiger charge is -2.41. The average Bonchev–Trinajstić information content (AvgIpc) is 3.44. The van der Waals surface area contributed by atoms with Gasteiger partial charge in [0.25, 0.3) is 0 Å². The van der Waals surface area contributed by atoms with Gasteiger partial charge in [-0.1, -0.05) is 12.1 Å². The zero-order chi connectivity index (χ0) is 41.1. The highest BCUT2D eigenvalue weighted by atomic mass is 19.4. The van der Waals surface area contributed by atoms with E-state index in [1.807, 2.05) is 0 Å². The predicted molar refractivity (Wildman–Crippen MR) is 199 cm³/mol. The Morgan fingerprint density at radius 2 is 1.84 bits per heavy atom. The standard InChI is InChI=1S/C42H40F3N3O9/c1-3-4-8-32(50)37(46)38(52)48-25-11-14-30(42(43,44)45)33(20-25)55-18-7-5-6-9-36(51)47-23-24-10-13-27-31(19-24)41(57-39(27)53)28-15-12-26(49)21-34(28)56-35-22-40(2,54)17-16-29(35)41/h1,10-16,19-22,49-50,54H,4-9,17-18,23,46H2,2H3,(H,47,51)(H,48,52)/p+1/b37-32+. The van der Waals surface area contributed by atoms with E-state index in [9.17, 15) is 42.9 Å². The first-order valence-corrected chi connectivity index (χ1v) is 18.2. The van der Waals surface area contributed by atoms with Gasteiger partial charge in [-0.05, 0) is 80.6 Å². The van der Waals surface area contributed by atoms with E-state index in [4.69, 9.17) is 20.6 Å². The molecule has 3 aromatic carbocycles. The van der Waals surface area contributed by atoms with Crippen LogP contribution in [0.1, 0.15) is 84.5 Å². The number of aliphatic hydroxyl groups is 2. The number of anilines is 1. The molecule has 2 unspecified atom stereocenters. The number of esters is 1. The Hall–Kier alpha value is -6.24. The number of halogens is 3. The highest BCUT2D eigenvalue weighted by molar-refractivity contribution is 6.02. The molecular weight excluding hydrogens is 747 g/mol. The first-order chi connectivity index (χ1) is 27.0. The molecule has 1 spiro atoms. The Kier molecular flexibility index (Phi) is 11.4. The van der Waals surface area contributed by atoms with Crippen molar-refractivity contribution in [2.24, 2.45) is 0 Å². The van der Waals surface area contributed by atoms with Crippen LogP contribution in [0.3, 0.4) is 0 Å². The molecule has 15 heteroatoms. The summed E-state index contributed by atoms with van der Waals surface area (Å²) < 4.78 is 58.9. The molecule has 0 fully saturated rings. The maximum absolute atomic E-state index is 13.7. The molecule has 8 N–H and O–H groups in total. The smallest absolute Gasteiger partial charge is 0.419 e. The zero-order valence-electron chi connectivity index (χ0n) is 30.9. The number of carbonyl (C=O) groups excluding carboxylic acids is 3. The molecule has 0 saturated carbocycles. The van der Waals surface area contributed by atoms with Gasteiger partial charge >= 0.3 is 18.1 Å². The quantitative estimate of drug-likeness (QED) is 0.0409. The van der Waals surface area contributed by atoms with E-state index in [2.05, 4.69) is 22.3 Å². The molecule has 1 aliphatic carbocycles. The van der Waals surface area contributed by atoms with E-state index in [-0.39, 0.29) is 73.4 Å². The van der Waals surface area contributed by atoms with Crippen molar-refractivity contribution in [1.82, 2.24) is 5.32 Å². The number of fused-ring (bicyclic) bond motifs is 6. The number of carbonyl (C=O) groups is 3. The van der Waals surface area contributed by atoms with Crippen molar-refractivity contribution < 1.29 is 62.8 Å². The Balaban J connectivity index is 1.05. The summed E-state index contributed by atoms with van der Waals surface area (Å²) in [5.41, 5.74) is 2.13. The molecule has 2 amide bonds. The van der Waals surface area contributed by atoms with Gasteiger partial charge in [0.1, 0.15) is 23.0 Å². The van der Waals surface area contributed by atoms with Gasteiger partial charge in [0.05, 0.1) is 23.3 Å². The van der Waals surface area contributed by atoms with Gasteiger partial charge in [-0.3, -0.25) is 9.59 Å². The number of quaternary nitrogens is 1. The molecule has 3 aromatic rings.